The predicted octanol–water partition coefficient (Wildman–Crippen LogP) is 2.31. The normalized spacial score (nSPS) is 13.8. The molecule has 0 aliphatic heterocycles. The number of rotatable bonds is 5. The molecule has 1 unspecified atom stereocenters. The van der Waals surface area contributed by atoms with E-state index < -0.39 is 10.0 Å². The van der Waals surface area contributed by atoms with E-state index in [0.29, 0.717) is 0 Å². The van der Waals surface area contributed by atoms with Crippen LogP contribution in [0.3, 0.4) is 0 Å². The van der Waals surface area contributed by atoms with E-state index >= 15 is 0 Å². The van der Waals surface area contributed by atoms with Crippen LogP contribution >= 0.6 is 27.3 Å². The monoisotopic (exact) mass is 378 g/mol. The van der Waals surface area contributed by atoms with Crippen LogP contribution in [-0.2, 0) is 17.1 Å². The molecule has 0 aliphatic rings. The summed E-state index contributed by atoms with van der Waals surface area (Å²) in [5, 5.41) is 9.37. The highest BCUT2D eigenvalue weighted by Gasteiger charge is 2.29. The molecule has 6 nitrogen and oxygen atoms in total. The minimum absolute atomic E-state index is 0.0275. The fraction of sp³-hybridized carbons (Fsp3) is 0.455. The zero-order valence-electron chi connectivity index (χ0n) is 11.2. The minimum Gasteiger partial charge on any atom is -0.235 e. The molecule has 0 fully saturated rings. The molecule has 1 atom stereocenters. The maximum atomic E-state index is 12.5. The second kappa shape index (κ2) is 5.92. The number of nitrogens with zero attached hydrogens (tertiary/aromatic N) is 3. The number of hydrogen-bond donors (Lipinski definition) is 1. The van der Waals surface area contributed by atoms with Crippen LogP contribution in [0.1, 0.15) is 24.8 Å². The predicted molar refractivity (Wildman–Crippen MR) is 80.9 cm³/mol. The molecule has 2 aromatic rings. The molecule has 0 aromatic carbocycles. The van der Waals surface area contributed by atoms with Gasteiger partial charge in [0.25, 0.3) is 10.0 Å². The van der Waals surface area contributed by atoms with E-state index in [9.17, 15) is 8.42 Å². The van der Waals surface area contributed by atoms with Crippen LogP contribution in [-0.4, -0.2) is 23.4 Å². The highest BCUT2D eigenvalue weighted by Crippen LogP contribution is 2.28. The molecule has 0 radical (unpaired) electrons. The van der Waals surface area contributed by atoms with Gasteiger partial charge in [0.15, 0.2) is 4.60 Å². The second-order valence-electron chi connectivity index (χ2n) is 4.67. The summed E-state index contributed by atoms with van der Waals surface area (Å²) in [7, 11) is -2.16. The van der Waals surface area contributed by atoms with E-state index in [2.05, 4.69) is 31.0 Å². The van der Waals surface area contributed by atoms with Crippen molar-refractivity contribution in [2.24, 2.45) is 13.0 Å². The average Bonchev–Trinajstić information content (AvgIpc) is 2.96. The number of aryl methyl sites for hydroxylation is 1. The third kappa shape index (κ3) is 3.11. The molecule has 2 aromatic heterocycles. The largest absolute Gasteiger partial charge is 0.261 e. The smallest absolute Gasteiger partial charge is 0.235 e. The molecule has 2 heterocycles. The highest BCUT2D eigenvalue weighted by molar-refractivity contribution is 9.10. The molecular formula is C11H15BrN4O2S2. The Morgan fingerprint density at radius 1 is 1.45 bits per heavy atom. The van der Waals surface area contributed by atoms with E-state index in [1.54, 1.807) is 7.05 Å². The number of aromatic nitrogens is 3. The summed E-state index contributed by atoms with van der Waals surface area (Å²) in [6, 6.07) is 3.56. The van der Waals surface area contributed by atoms with Crippen LogP contribution < -0.4 is 4.72 Å². The van der Waals surface area contributed by atoms with Crippen molar-refractivity contribution in [3.05, 3.63) is 27.0 Å². The van der Waals surface area contributed by atoms with Gasteiger partial charge in [-0.1, -0.05) is 25.1 Å². The van der Waals surface area contributed by atoms with Gasteiger partial charge in [-0.05, 0) is 33.3 Å². The second-order valence-corrected chi connectivity index (χ2v) is 8.03. The molecule has 9 heteroatoms. The first-order valence-electron chi connectivity index (χ1n) is 5.94. The van der Waals surface area contributed by atoms with Crippen LogP contribution in [0.4, 0.5) is 0 Å². The SMILES string of the molecule is CC(C)C(NS(=O)(=O)c1c(Br)nnn1C)c1cccs1. The minimum atomic E-state index is -3.70. The van der Waals surface area contributed by atoms with E-state index in [4.69, 9.17) is 0 Å². The average molecular weight is 379 g/mol. The van der Waals surface area contributed by atoms with Crippen molar-refractivity contribution >= 4 is 37.3 Å². The highest BCUT2D eigenvalue weighted by atomic mass is 79.9. The van der Waals surface area contributed by atoms with Crippen LogP contribution in [0.2, 0.25) is 0 Å². The van der Waals surface area contributed by atoms with Gasteiger partial charge in [-0.15, -0.1) is 16.4 Å². The Labute approximate surface area is 130 Å². The fourth-order valence-electron chi connectivity index (χ4n) is 1.82. The number of halogens is 1. The first-order valence-corrected chi connectivity index (χ1v) is 9.09. The van der Waals surface area contributed by atoms with Gasteiger partial charge in [-0.25, -0.2) is 17.8 Å². The molecule has 110 valence electrons. The lowest BCUT2D eigenvalue weighted by Gasteiger charge is -2.21. The molecule has 0 saturated heterocycles. The van der Waals surface area contributed by atoms with Crippen molar-refractivity contribution in [3.63, 3.8) is 0 Å². The maximum Gasteiger partial charge on any atom is 0.261 e. The molecular weight excluding hydrogens is 364 g/mol. The van der Waals surface area contributed by atoms with Crippen LogP contribution in [0.15, 0.2) is 27.1 Å². The van der Waals surface area contributed by atoms with Gasteiger partial charge in [0.1, 0.15) is 0 Å². The number of nitrogens with one attached hydrogen (secondary N) is 1. The first kappa shape index (κ1) is 15.6. The topological polar surface area (TPSA) is 76.9 Å². The molecule has 0 bridgehead atoms. The molecule has 0 saturated carbocycles. The fourth-order valence-corrected chi connectivity index (χ4v) is 5.30. The van der Waals surface area contributed by atoms with Crippen molar-refractivity contribution in [1.82, 2.24) is 19.7 Å². The third-order valence-corrected chi connectivity index (χ3v) is 6.07. The Morgan fingerprint density at radius 3 is 2.60 bits per heavy atom. The lowest BCUT2D eigenvalue weighted by Crippen LogP contribution is -2.32. The zero-order valence-corrected chi connectivity index (χ0v) is 14.5. The van der Waals surface area contributed by atoms with Gasteiger partial charge in [0, 0.05) is 11.9 Å². The Kier molecular flexibility index (Phi) is 4.62. The standard InChI is InChI=1S/C11H15BrN4O2S2/c1-7(2)9(8-5-4-6-19-8)14-20(17,18)11-10(12)13-15-16(11)3/h4-7,9,14H,1-3H3. The molecule has 0 amide bonds. The van der Waals surface area contributed by atoms with Crippen LogP contribution in [0.5, 0.6) is 0 Å². The summed E-state index contributed by atoms with van der Waals surface area (Å²) in [5.74, 6) is 0.128. The van der Waals surface area contributed by atoms with Gasteiger partial charge in [0.05, 0.1) is 6.04 Å². The molecule has 2 rings (SSSR count). The molecule has 0 spiro atoms. The quantitative estimate of drug-likeness (QED) is 0.865. The zero-order chi connectivity index (χ0) is 14.9. The number of thiophene rings is 1. The van der Waals surface area contributed by atoms with Crippen molar-refractivity contribution in [2.75, 3.05) is 0 Å². The van der Waals surface area contributed by atoms with E-state index in [1.165, 1.54) is 16.0 Å². The third-order valence-electron chi connectivity index (χ3n) is 2.79. The summed E-state index contributed by atoms with van der Waals surface area (Å²) in [6.07, 6.45) is 0. The Morgan fingerprint density at radius 2 is 2.15 bits per heavy atom. The summed E-state index contributed by atoms with van der Waals surface area (Å²) in [5.41, 5.74) is 0. The van der Waals surface area contributed by atoms with Crippen LogP contribution in [0.25, 0.3) is 0 Å². The van der Waals surface area contributed by atoms with Gasteiger partial charge in [0.2, 0.25) is 5.03 Å². The van der Waals surface area contributed by atoms with Crippen LogP contribution in [0, 0.1) is 5.92 Å². The lowest BCUT2D eigenvalue weighted by atomic mass is 10.0. The molecule has 1 N–H and O–H groups in total. The van der Waals surface area contributed by atoms with Crippen molar-refractivity contribution in [3.8, 4) is 0 Å². The molecule has 0 aliphatic carbocycles. The van der Waals surface area contributed by atoms with Crippen molar-refractivity contribution in [2.45, 2.75) is 24.9 Å². The Hall–Kier alpha value is -0.770. The number of sulfonamides is 1. The summed E-state index contributed by atoms with van der Waals surface area (Å²) in [6.45, 7) is 3.95. The van der Waals surface area contributed by atoms with E-state index in [1.807, 2.05) is 31.4 Å². The van der Waals surface area contributed by atoms with Gasteiger partial charge in [-0.2, -0.15) is 0 Å². The summed E-state index contributed by atoms with van der Waals surface area (Å²) < 4.78 is 29.2. The van der Waals surface area contributed by atoms with E-state index in [-0.39, 0.29) is 21.6 Å². The van der Waals surface area contributed by atoms with E-state index in [0.717, 1.165) is 4.88 Å². The van der Waals surface area contributed by atoms with Gasteiger partial charge < -0.3 is 0 Å². The van der Waals surface area contributed by atoms with Gasteiger partial charge >= 0.3 is 0 Å². The van der Waals surface area contributed by atoms with Crippen molar-refractivity contribution < 1.29 is 8.42 Å². The Bertz CT molecular complexity index is 660. The lowest BCUT2D eigenvalue weighted by molar-refractivity contribution is 0.464. The molecule has 20 heavy (non-hydrogen) atoms. The van der Waals surface area contributed by atoms with Crippen molar-refractivity contribution in [1.29, 1.82) is 0 Å². The van der Waals surface area contributed by atoms with Gasteiger partial charge in [-0.3, -0.25) is 0 Å². The Balaban J connectivity index is 2.36. The maximum absolute atomic E-state index is 12.5. The first-order chi connectivity index (χ1) is 9.33. The number of hydrogen-bond acceptors (Lipinski definition) is 5. The summed E-state index contributed by atoms with van der Waals surface area (Å²) in [4.78, 5) is 0.981. The summed E-state index contributed by atoms with van der Waals surface area (Å²) >= 11 is 4.65.